The fourth-order valence-electron chi connectivity index (χ4n) is 3.03. The van der Waals surface area contributed by atoms with Gasteiger partial charge in [0.2, 0.25) is 17.8 Å². The summed E-state index contributed by atoms with van der Waals surface area (Å²) < 4.78 is 0. The highest BCUT2D eigenvalue weighted by Crippen LogP contribution is 2.29. The Kier molecular flexibility index (Phi) is 6.30. The number of hydrogen-bond acceptors (Lipinski definition) is 8. The number of carbonyl (C=O) groups excluding carboxylic acids is 3. The molecule has 3 amide bonds. The molecule has 0 atom stereocenters. The van der Waals surface area contributed by atoms with E-state index in [1.807, 2.05) is 0 Å². The van der Waals surface area contributed by atoms with Gasteiger partial charge in [-0.05, 0) is 31.0 Å². The summed E-state index contributed by atoms with van der Waals surface area (Å²) in [6.07, 6.45) is 3.18. The van der Waals surface area contributed by atoms with E-state index in [1.54, 1.807) is 4.90 Å². The Morgan fingerprint density at radius 2 is 1.97 bits per heavy atom. The number of carbonyl (C=O) groups is 3. The van der Waals surface area contributed by atoms with E-state index in [0.29, 0.717) is 18.8 Å². The number of likely N-dealkylation sites (tertiary alicyclic amines) is 1. The molecule has 30 heavy (non-hydrogen) atoms. The number of nitrogens with two attached hydrogens (primary N) is 1. The summed E-state index contributed by atoms with van der Waals surface area (Å²) in [6.45, 7) is 2.75. The Morgan fingerprint density at radius 3 is 2.63 bits per heavy atom. The fraction of sp³-hybridized carbons (Fsp3) is 0.316. The van der Waals surface area contributed by atoms with Crippen LogP contribution in [0.15, 0.2) is 24.4 Å². The predicted molar refractivity (Wildman–Crippen MR) is 111 cm³/mol. The van der Waals surface area contributed by atoms with Crippen molar-refractivity contribution in [3.63, 3.8) is 0 Å². The van der Waals surface area contributed by atoms with Gasteiger partial charge in [-0.1, -0.05) is 0 Å². The topological polar surface area (TPSA) is 163 Å². The summed E-state index contributed by atoms with van der Waals surface area (Å²) in [5.41, 5.74) is 6.12. The van der Waals surface area contributed by atoms with Crippen LogP contribution in [0.2, 0.25) is 0 Å². The molecule has 1 fully saturated rings. The molecular formula is C19H23N7O4. The quantitative estimate of drug-likeness (QED) is 0.332. The number of anilines is 4. The molecule has 0 bridgehead atoms. The van der Waals surface area contributed by atoms with Crippen molar-refractivity contribution in [2.24, 2.45) is 5.73 Å². The third-order valence-electron chi connectivity index (χ3n) is 4.48. The van der Waals surface area contributed by atoms with Crippen molar-refractivity contribution in [3.8, 4) is 5.75 Å². The lowest BCUT2D eigenvalue weighted by Crippen LogP contribution is -2.33. The maximum atomic E-state index is 12.3. The minimum atomic E-state index is -0.742. The molecule has 1 aliphatic heterocycles. The van der Waals surface area contributed by atoms with Crippen molar-refractivity contribution < 1.29 is 19.5 Å². The zero-order valence-electron chi connectivity index (χ0n) is 16.4. The third kappa shape index (κ3) is 5.13. The molecule has 1 aliphatic rings. The van der Waals surface area contributed by atoms with E-state index in [0.717, 1.165) is 12.8 Å². The second-order valence-electron chi connectivity index (χ2n) is 6.80. The van der Waals surface area contributed by atoms with E-state index in [2.05, 4.69) is 25.9 Å². The molecule has 11 heteroatoms. The minimum Gasteiger partial charge on any atom is -0.506 e. The lowest BCUT2D eigenvalue weighted by Gasteiger charge is -2.17. The van der Waals surface area contributed by atoms with Gasteiger partial charge in [-0.2, -0.15) is 4.98 Å². The molecule has 1 saturated heterocycles. The summed E-state index contributed by atoms with van der Waals surface area (Å²) in [5.74, 6) is -1.03. The van der Waals surface area contributed by atoms with Crippen LogP contribution in [0.25, 0.3) is 0 Å². The Bertz CT molecular complexity index is 973. The van der Waals surface area contributed by atoms with Gasteiger partial charge >= 0.3 is 0 Å². The monoisotopic (exact) mass is 413 g/mol. The maximum absolute atomic E-state index is 12.3. The first kappa shape index (κ1) is 20.8. The van der Waals surface area contributed by atoms with Gasteiger partial charge in [0, 0.05) is 31.9 Å². The van der Waals surface area contributed by atoms with Crippen molar-refractivity contribution in [1.82, 2.24) is 14.9 Å². The first-order valence-corrected chi connectivity index (χ1v) is 9.39. The van der Waals surface area contributed by atoms with Crippen molar-refractivity contribution in [2.75, 3.05) is 35.6 Å². The van der Waals surface area contributed by atoms with Crippen molar-refractivity contribution >= 4 is 40.9 Å². The van der Waals surface area contributed by atoms with Crippen molar-refractivity contribution in [3.05, 3.63) is 30.0 Å². The number of phenolic OH excluding ortho intramolecular Hbond substituents is 1. The van der Waals surface area contributed by atoms with Crippen LogP contribution in [-0.2, 0) is 9.59 Å². The van der Waals surface area contributed by atoms with Crippen LogP contribution < -0.4 is 21.7 Å². The molecule has 0 spiro atoms. The number of aromatic hydroxyl groups is 1. The van der Waals surface area contributed by atoms with Crippen molar-refractivity contribution in [2.45, 2.75) is 19.8 Å². The zero-order chi connectivity index (χ0) is 21.7. The largest absolute Gasteiger partial charge is 0.506 e. The van der Waals surface area contributed by atoms with E-state index in [-0.39, 0.29) is 47.1 Å². The van der Waals surface area contributed by atoms with E-state index >= 15 is 0 Å². The van der Waals surface area contributed by atoms with Crippen LogP contribution >= 0.6 is 0 Å². The average Bonchev–Trinajstić information content (AvgIpc) is 3.23. The van der Waals surface area contributed by atoms with Gasteiger partial charge in [0.25, 0.3) is 5.91 Å². The van der Waals surface area contributed by atoms with Gasteiger partial charge in [-0.25, -0.2) is 4.98 Å². The van der Waals surface area contributed by atoms with Crippen LogP contribution in [0.3, 0.4) is 0 Å². The van der Waals surface area contributed by atoms with E-state index in [9.17, 15) is 19.5 Å². The second kappa shape index (κ2) is 9.07. The highest BCUT2D eigenvalue weighted by atomic mass is 16.3. The Hall–Kier alpha value is -3.89. The zero-order valence-corrected chi connectivity index (χ0v) is 16.4. The maximum Gasteiger partial charge on any atom is 0.254 e. The molecule has 2 aromatic rings. The predicted octanol–water partition coefficient (Wildman–Crippen LogP) is 1.02. The van der Waals surface area contributed by atoms with Crippen molar-refractivity contribution in [1.29, 1.82) is 0 Å². The molecule has 3 rings (SSSR count). The molecule has 158 valence electrons. The molecule has 0 unspecified atom stereocenters. The third-order valence-corrected chi connectivity index (χ3v) is 4.48. The van der Waals surface area contributed by atoms with E-state index < -0.39 is 5.91 Å². The number of nitrogens with one attached hydrogen (secondary N) is 3. The molecule has 2 heterocycles. The molecule has 0 aliphatic carbocycles. The number of benzene rings is 1. The highest BCUT2D eigenvalue weighted by Gasteiger charge is 2.19. The summed E-state index contributed by atoms with van der Waals surface area (Å²) in [7, 11) is 0. The van der Waals surface area contributed by atoms with E-state index in [4.69, 9.17) is 5.73 Å². The summed E-state index contributed by atoms with van der Waals surface area (Å²) in [5, 5.41) is 18.3. The van der Waals surface area contributed by atoms with Crippen LogP contribution in [0.1, 0.15) is 30.1 Å². The van der Waals surface area contributed by atoms with Gasteiger partial charge in [0.1, 0.15) is 11.6 Å². The lowest BCUT2D eigenvalue weighted by molar-refractivity contribution is -0.128. The normalized spacial score (nSPS) is 13.0. The van der Waals surface area contributed by atoms with Gasteiger partial charge in [-0.15, -0.1) is 0 Å². The number of primary amides is 1. The number of aromatic nitrogens is 2. The van der Waals surface area contributed by atoms with Crippen LogP contribution in [0.5, 0.6) is 5.75 Å². The molecule has 1 aromatic heterocycles. The first-order chi connectivity index (χ1) is 14.3. The summed E-state index contributed by atoms with van der Waals surface area (Å²) in [6, 6.07) is 4.45. The molecule has 0 saturated carbocycles. The summed E-state index contributed by atoms with van der Waals surface area (Å²) >= 11 is 0. The van der Waals surface area contributed by atoms with Gasteiger partial charge < -0.3 is 31.7 Å². The summed E-state index contributed by atoms with van der Waals surface area (Å²) in [4.78, 5) is 45.2. The molecule has 11 nitrogen and oxygen atoms in total. The number of amides is 3. The molecule has 0 radical (unpaired) electrons. The Balaban J connectivity index is 1.79. The fourth-order valence-corrected chi connectivity index (χ4v) is 3.03. The second-order valence-corrected chi connectivity index (χ2v) is 6.80. The molecular weight excluding hydrogens is 390 g/mol. The van der Waals surface area contributed by atoms with Crippen LogP contribution in [0, 0.1) is 0 Å². The number of nitrogens with zero attached hydrogens (tertiary/aromatic N) is 3. The van der Waals surface area contributed by atoms with Crippen LogP contribution in [-0.4, -0.2) is 57.3 Å². The highest BCUT2D eigenvalue weighted by molar-refractivity contribution is 5.98. The number of hydrogen-bond donors (Lipinski definition) is 5. The van der Waals surface area contributed by atoms with Gasteiger partial charge in [-0.3, -0.25) is 14.4 Å². The van der Waals surface area contributed by atoms with E-state index in [1.165, 1.54) is 31.3 Å². The number of rotatable bonds is 7. The Morgan fingerprint density at radius 1 is 1.23 bits per heavy atom. The number of phenols is 1. The minimum absolute atomic E-state index is 0.0333. The molecule has 1 aromatic carbocycles. The smallest absolute Gasteiger partial charge is 0.254 e. The van der Waals surface area contributed by atoms with Gasteiger partial charge in [0.15, 0.2) is 0 Å². The lowest BCUT2D eigenvalue weighted by atomic mass is 10.2. The standard InChI is InChI=1S/C19H23N7O4/c1-11(27)23-12-4-5-15(28)14(8-12)24-19-22-9-13(17(20)30)18(25-19)21-10-16(29)26-6-2-3-7-26/h4-5,8-9,28H,2-3,6-7,10H2,1H3,(H2,20,30)(H,23,27)(H2,21,22,24,25). The first-order valence-electron chi connectivity index (χ1n) is 9.39. The molecule has 6 N–H and O–H groups in total. The Labute approximate surface area is 172 Å². The average molecular weight is 413 g/mol. The SMILES string of the molecule is CC(=O)Nc1ccc(O)c(Nc2ncc(C(N)=O)c(NCC(=O)N3CCCC3)n2)c1. The van der Waals surface area contributed by atoms with Crippen LogP contribution in [0.4, 0.5) is 23.1 Å². The van der Waals surface area contributed by atoms with Gasteiger partial charge in [0.05, 0.1) is 17.8 Å².